The normalized spacial score (nSPS) is 15.8. The molecule has 148 valence electrons. The number of amides is 2. The fraction of sp³-hybridized carbons (Fsp3) is 0.889. The first kappa shape index (κ1) is 25.8. The Morgan fingerprint density at radius 2 is 1.64 bits per heavy atom. The highest BCUT2D eigenvalue weighted by molar-refractivity contribution is 5.74. The molecule has 25 heavy (non-hydrogen) atoms. The molecule has 0 atom stereocenters. The Kier molecular flexibility index (Phi) is 21.3. The number of hydrogen-bond acceptors (Lipinski definition) is 5. The van der Waals surface area contributed by atoms with Gasteiger partial charge in [0.1, 0.15) is 0 Å². The number of rotatable bonds is 4. The Bertz CT molecular complexity index is 325. The molecular weight excluding hydrogens is 318 g/mol. The van der Waals surface area contributed by atoms with Crippen LogP contribution in [0.3, 0.4) is 0 Å². The van der Waals surface area contributed by atoms with Crippen molar-refractivity contribution in [3.8, 4) is 0 Å². The fourth-order valence-corrected chi connectivity index (χ4v) is 2.17. The van der Waals surface area contributed by atoms with Gasteiger partial charge in [-0.05, 0) is 38.8 Å². The molecule has 2 fully saturated rings. The zero-order valence-electron chi connectivity index (χ0n) is 15.4. The zero-order chi connectivity index (χ0) is 17.9. The summed E-state index contributed by atoms with van der Waals surface area (Å²) in [7, 11) is 0. The van der Waals surface area contributed by atoms with Gasteiger partial charge in [0.05, 0.1) is 6.54 Å². The van der Waals surface area contributed by atoms with E-state index in [0.29, 0.717) is 6.54 Å². The van der Waals surface area contributed by atoms with Gasteiger partial charge in [0.2, 0.25) is 6.08 Å². The number of isocyanates is 1. The van der Waals surface area contributed by atoms with Crippen LogP contribution in [0.15, 0.2) is 4.99 Å². The van der Waals surface area contributed by atoms with Crippen LogP contribution in [0.1, 0.15) is 53.4 Å². The number of carbonyl (C=O) groups excluding carboxylic acids is 2. The monoisotopic (exact) mass is 357 g/mol. The van der Waals surface area contributed by atoms with Crippen molar-refractivity contribution >= 4 is 12.1 Å². The van der Waals surface area contributed by atoms with Crippen LogP contribution in [0.2, 0.25) is 0 Å². The van der Waals surface area contributed by atoms with Crippen LogP contribution in [0.25, 0.3) is 0 Å². The minimum absolute atomic E-state index is 0. The molecule has 0 aromatic rings. The van der Waals surface area contributed by atoms with Crippen LogP contribution in [0, 0.1) is 0 Å². The lowest BCUT2D eigenvalue weighted by atomic mass is 10.2. The van der Waals surface area contributed by atoms with E-state index in [0.717, 1.165) is 45.6 Å². The van der Waals surface area contributed by atoms with Crippen LogP contribution < -0.4 is 16.0 Å². The molecule has 2 heterocycles. The van der Waals surface area contributed by atoms with Gasteiger partial charge in [-0.1, -0.05) is 27.7 Å². The summed E-state index contributed by atoms with van der Waals surface area (Å²) in [5.74, 6) is 0. The predicted molar refractivity (Wildman–Crippen MR) is 105 cm³/mol. The van der Waals surface area contributed by atoms with Gasteiger partial charge >= 0.3 is 6.03 Å². The van der Waals surface area contributed by atoms with E-state index in [-0.39, 0.29) is 13.5 Å². The van der Waals surface area contributed by atoms with Crippen molar-refractivity contribution in [3.05, 3.63) is 0 Å². The van der Waals surface area contributed by atoms with E-state index in [1.807, 2.05) is 11.8 Å². The number of piperazine rings is 1. The molecule has 3 N–H and O–H groups in total. The minimum Gasteiger partial charge on any atom is -0.338 e. The maximum absolute atomic E-state index is 11.3. The standard InChI is InChI=1S/C8H17N3O.C5H11N.C4H7NO.CH4/c1-2-3-10-8(12)11-6-4-9-5-7-11;1-2-4-6-5-3-1;1-2-3-5-4-6;/h9H,2-7H2,1H3,(H,10,12);6H,1-5H2;2-3H2,1H3;1H4. The first-order valence-corrected chi connectivity index (χ1v) is 9.24. The number of nitrogens with zero attached hydrogens (tertiary/aromatic N) is 2. The molecule has 0 unspecified atom stereocenters. The molecule has 0 aromatic carbocycles. The second-order valence-electron chi connectivity index (χ2n) is 5.75. The number of urea groups is 1. The Hall–Kier alpha value is -1.43. The summed E-state index contributed by atoms with van der Waals surface area (Å²) < 4.78 is 0. The molecule has 2 aliphatic rings. The van der Waals surface area contributed by atoms with Crippen molar-refractivity contribution in [1.82, 2.24) is 20.9 Å². The average Bonchev–Trinajstić information content (AvgIpc) is 2.67. The second kappa shape index (κ2) is 20.6. The number of piperidine rings is 1. The van der Waals surface area contributed by atoms with E-state index in [1.54, 1.807) is 0 Å². The first-order chi connectivity index (χ1) is 11.8. The van der Waals surface area contributed by atoms with Crippen LogP contribution in [-0.4, -0.2) is 69.4 Å². The van der Waals surface area contributed by atoms with Crippen molar-refractivity contribution in [3.63, 3.8) is 0 Å². The van der Waals surface area contributed by atoms with Gasteiger partial charge in [-0.15, -0.1) is 0 Å². The summed E-state index contributed by atoms with van der Waals surface area (Å²) in [6, 6.07) is 0.0818. The average molecular weight is 358 g/mol. The quantitative estimate of drug-likeness (QED) is 0.531. The largest absolute Gasteiger partial charge is 0.338 e. The summed E-state index contributed by atoms with van der Waals surface area (Å²) in [6.45, 7) is 11.4. The van der Waals surface area contributed by atoms with Crippen molar-refractivity contribution in [2.45, 2.75) is 53.4 Å². The topological polar surface area (TPSA) is 85.8 Å². The number of hydrogen-bond donors (Lipinski definition) is 3. The van der Waals surface area contributed by atoms with Crippen LogP contribution in [0.4, 0.5) is 4.79 Å². The van der Waals surface area contributed by atoms with Crippen molar-refractivity contribution in [2.75, 3.05) is 52.4 Å². The van der Waals surface area contributed by atoms with E-state index in [2.05, 4.69) is 27.9 Å². The summed E-state index contributed by atoms with van der Waals surface area (Å²) in [4.78, 5) is 25.8. The summed E-state index contributed by atoms with van der Waals surface area (Å²) in [6.07, 6.45) is 7.58. The van der Waals surface area contributed by atoms with Crippen LogP contribution in [-0.2, 0) is 4.79 Å². The Morgan fingerprint density at radius 3 is 2.00 bits per heavy atom. The first-order valence-electron chi connectivity index (χ1n) is 9.24. The zero-order valence-corrected chi connectivity index (χ0v) is 15.4. The lowest BCUT2D eigenvalue weighted by Crippen LogP contribution is -2.50. The highest BCUT2D eigenvalue weighted by Gasteiger charge is 2.14. The Labute approximate surface area is 154 Å². The van der Waals surface area contributed by atoms with Gasteiger partial charge in [0, 0.05) is 32.7 Å². The van der Waals surface area contributed by atoms with Gasteiger partial charge in [-0.25, -0.2) is 14.6 Å². The molecule has 0 aromatic heterocycles. The van der Waals surface area contributed by atoms with Gasteiger partial charge in [-0.3, -0.25) is 0 Å². The number of carbonyl (C=O) groups is 1. The highest BCUT2D eigenvalue weighted by atomic mass is 16.2. The third-order valence-corrected chi connectivity index (χ3v) is 3.54. The number of nitrogens with one attached hydrogen (secondary N) is 3. The third kappa shape index (κ3) is 17.2. The summed E-state index contributed by atoms with van der Waals surface area (Å²) >= 11 is 0. The minimum atomic E-state index is 0. The molecular formula is C18H39N5O2. The van der Waals surface area contributed by atoms with Crippen molar-refractivity contribution in [1.29, 1.82) is 0 Å². The Morgan fingerprint density at radius 1 is 1.04 bits per heavy atom. The van der Waals surface area contributed by atoms with E-state index < -0.39 is 0 Å². The Balaban J connectivity index is 0. The van der Waals surface area contributed by atoms with Crippen LogP contribution in [0.5, 0.6) is 0 Å². The van der Waals surface area contributed by atoms with Crippen molar-refractivity contribution < 1.29 is 9.59 Å². The van der Waals surface area contributed by atoms with E-state index in [4.69, 9.17) is 0 Å². The fourth-order valence-electron chi connectivity index (χ4n) is 2.17. The van der Waals surface area contributed by atoms with E-state index in [1.165, 1.54) is 38.4 Å². The van der Waals surface area contributed by atoms with Gasteiger partial charge in [0.25, 0.3) is 0 Å². The molecule has 7 nitrogen and oxygen atoms in total. The molecule has 0 spiro atoms. The van der Waals surface area contributed by atoms with Crippen molar-refractivity contribution in [2.24, 2.45) is 4.99 Å². The molecule has 2 saturated heterocycles. The smallest absolute Gasteiger partial charge is 0.317 e. The van der Waals surface area contributed by atoms with Crippen LogP contribution >= 0.6 is 0 Å². The maximum Gasteiger partial charge on any atom is 0.317 e. The molecule has 7 heteroatoms. The maximum atomic E-state index is 11.3. The molecule has 0 radical (unpaired) electrons. The van der Waals surface area contributed by atoms with E-state index in [9.17, 15) is 9.59 Å². The lowest BCUT2D eigenvalue weighted by molar-refractivity contribution is 0.190. The molecule has 2 rings (SSSR count). The second-order valence-corrected chi connectivity index (χ2v) is 5.75. The van der Waals surface area contributed by atoms with E-state index >= 15 is 0 Å². The summed E-state index contributed by atoms with van der Waals surface area (Å²) in [5, 5.41) is 9.35. The predicted octanol–water partition coefficient (Wildman–Crippen LogP) is 2.14. The SMILES string of the molecule is C.C1CCNCC1.CCCN=C=O.CCCNC(=O)N1CCNCC1. The lowest BCUT2D eigenvalue weighted by Gasteiger charge is -2.27. The number of aliphatic imine (C=N–C) groups is 1. The van der Waals surface area contributed by atoms with Gasteiger partial charge < -0.3 is 20.9 Å². The molecule has 2 amide bonds. The highest BCUT2D eigenvalue weighted by Crippen LogP contribution is 1.96. The molecule has 0 saturated carbocycles. The summed E-state index contributed by atoms with van der Waals surface area (Å²) in [5.41, 5.74) is 0. The van der Waals surface area contributed by atoms with Gasteiger partial charge in [-0.2, -0.15) is 0 Å². The van der Waals surface area contributed by atoms with Gasteiger partial charge in [0.15, 0.2) is 0 Å². The molecule has 0 aliphatic carbocycles. The molecule has 0 bridgehead atoms. The third-order valence-electron chi connectivity index (χ3n) is 3.54. The molecule has 2 aliphatic heterocycles.